The predicted molar refractivity (Wildman–Crippen MR) is 119 cm³/mol. The summed E-state index contributed by atoms with van der Waals surface area (Å²) in [4.78, 5) is 24.1. The first kappa shape index (κ1) is 19.8. The first-order valence-electron chi connectivity index (χ1n) is 10.9. The average molecular weight is 418 g/mol. The van der Waals surface area contributed by atoms with Gasteiger partial charge in [-0.1, -0.05) is 18.2 Å². The van der Waals surface area contributed by atoms with E-state index in [1.54, 1.807) is 6.26 Å². The predicted octanol–water partition coefficient (Wildman–Crippen LogP) is 4.04. The Morgan fingerprint density at radius 1 is 1.19 bits per heavy atom. The van der Waals surface area contributed by atoms with Crippen LogP contribution in [0.25, 0.3) is 11.5 Å². The van der Waals surface area contributed by atoms with E-state index in [1.165, 1.54) is 0 Å². The molecule has 4 atom stereocenters. The van der Waals surface area contributed by atoms with Crippen LogP contribution < -0.4 is 10.6 Å². The van der Waals surface area contributed by atoms with Crippen molar-refractivity contribution < 1.29 is 9.21 Å². The van der Waals surface area contributed by atoms with Crippen LogP contribution in [0.3, 0.4) is 0 Å². The molecular formula is C24H27N5O2. The maximum atomic E-state index is 12.3. The molecule has 0 radical (unpaired) electrons. The molecule has 0 aliphatic carbocycles. The van der Waals surface area contributed by atoms with Gasteiger partial charge in [0.15, 0.2) is 5.76 Å². The van der Waals surface area contributed by atoms with Crippen molar-refractivity contribution in [3.63, 3.8) is 0 Å². The van der Waals surface area contributed by atoms with Crippen LogP contribution in [-0.2, 0) is 0 Å². The molecule has 7 nitrogen and oxygen atoms in total. The number of nitrogens with one attached hydrogen (secondary N) is 2. The molecule has 0 spiro atoms. The van der Waals surface area contributed by atoms with Crippen LogP contribution in [0.1, 0.15) is 30.3 Å². The van der Waals surface area contributed by atoms with E-state index >= 15 is 0 Å². The zero-order chi connectivity index (χ0) is 21.2. The molecule has 5 heterocycles. The number of urea groups is 1. The quantitative estimate of drug-likeness (QED) is 0.655. The highest BCUT2D eigenvalue weighted by Gasteiger charge is 2.41. The molecule has 3 fully saturated rings. The highest BCUT2D eigenvalue weighted by molar-refractivity contribution is 5.89. The van der Waals surface area contributed by atoms with Crippen LogP contribution in [-0.4, -0.2) is 46.6 Å². The second-order valence-electron chi connectivity index (χ2n) is 8.44. The largest absolute Gasteiger partial charge is 0.463 e. The molecule has 31 heavy (non-hydrogen) atoms. The van der Waals surface area contributed by atoms with Crippen molar-refractivity contribution in [1.82, 2.24) is 20.2 Å². The van der Waals surface area contributed by atoms with Crippen LogP contribution in [0, 0.1) is 12.8 Å². The van der Waals surface area contributed by atoms with Crippen LogP contribution in [0.5, 0.6) is 0 Å². The number of piperidine rings is 3. The van der Waals surface area contributed by atoms with Crippen molar-refractivity contribution in [2.24, 2.45) is 5.92 Å². The van der Waals surface area contributed by atoms with Crippen LogP contribution in [0.4, 0.5) is 10.5 Å². The number of anilines is 1. The highest BCUT2D eigenvalue weighted by atomic mass is 16.3. The molecule has 2 amide bonds. The fourth-order valence-corrected chi connectivity index (χ4v) is 4.92. The van der Waals surface area contributed by atoms with Crippen LogP contribution in [0.15, 0.2) is 59.2 Å². The topological polar surface area (TPSA) is 83.3 Å². The lowest BCUT2D eigenvalue weighted by Gasteiger charge is -2.49. The van der Waals surface area contributed by atoms with Gasteiger partial charge in [-0.15, -0.1) is 0 Å². The van der Waals surface area contributed by atoms with E-state index in [-0.39, 0.29) is 6.03 Å². The summed E-state index contributed by atoms with van der Waals surface area (Å²) in [5, 5.41) is 5.94. The monoisotopic (exact) mass is 417 g/mol. The normalized spacial score (nSPS) is 24.7. The van der Waals surface area contributed by atoms with E-state index in [1.807, 2.05) is 49.4 Å². The number of carbonyl (C=O) groups excluding carboxylic acids is 1. The number of fused-ring (bicyclic) bond motifs is 3. The minimum absolute atomic E-state index is 0.153. The highest BCUT2D eigenvalue weighted by Crippen LogP contribution is 2.41. The van der Waals surface area contributed by atoms with Gasteiger partial charge >= 0.3 is 6.03 Å². The zero-order valence-corrected chi connectivity index (χ0v) is 17.6. The summed E-state index contributed by atoms with van der Waals surface area (Å²) in [7, 11) is 0. The minimum Gasteiger partial charge on any atom is -0.463 e. The Morgan fingerprint density at radius 2 is 2.06 bits per heavy atom. The van der Waals surface area contributed by atoms with Crippen molar-refractivity contribution in [1.29, 1.82) is 0 Å². The summed E-state index contributed by atoms with van der Waals surface area (Å²) in [5.41, 5.74) is 2.75. The summed E-state index contributed by atoms with van der Waals surface area (Å²) in [6, 6.07) is 15.6. The van der Waals surface area contributed by atoms with Crippen molar-refractivity contribution >= 4 is 11.7 Å². The number of aryl methyl sites for hydroxylation is 1. The molecule has 3 aromatic rings. The molecule has 3 saturated heterocycles. The SMILES string of the molecule is Cc1nc(-c2ccco2)cc([C@H]2CN3CC[C@H]2C[C@@H]3CNC(=O)Nc2ccccc2)n1. The molecule has 160 valence electrons. The van der Waals surface area contributed by atoms with Gasteiger partial charge in [0.1, 0.15) is 11.5 Å². The Morgan fingerprint density at radius 3 is 2.81 bits per heavy atom. The number of carbonyl (C=O) groups is 1. The van der Waals surface area contributed by atoms with E-state index < -0.39 is 0 Å². The van der Waals surface area contributed by atoms with E-state index in [0.717, 1.165) is 54.6 Å². The van der Waals surface area contributed by atoms with Crippen molar-refractivity contribution in [2.45, 2.75) is 31.7 Å². The summed E-state index contributed by atoms with van der Waals surface area (Å²) in [6.07, 6.45) is 3.90. The first-order chi connectivity index (χ1) is 15.2. The second-order valence-corrected chi connectivity index (χ2v) is 8.44. The Kier molecular flexibility index (Phi) is 5.42. The van der Waals surface area contributed by atoms with Gasteiger partial charge in [-0.05, 0) is 62.6 Å². The van der Waals surface area contributed by atoms with E-state index in [2.05, 4.69) is 26.6 Å². The van der Waals surface area contributed by atoms with Gasteiger partial charge in [0, 0.05) is 36.4 Å². The molecule has 2 bridgehead atoms. The Hall–Kier alpha value is -3.19. The summed E-state index contributed by atoms with van der Waals surface area (Å²) >= 11 is 0. The minimum atomic E-state index is -0.153. The Labute approximate surface area is 181 Å². The van der Waals surface area contributed by atoms with Gasteiger partial charge in [0.25, 0.3) is 0 Å². The smallest absolute Gasteiger partial charge is 0.319 e. The van der Waals surface area contributed by atoms with Crippen molar-refractivity contribution in [3.8, 4) is 11.5 Å². The third-order valence-electron chi connectivity index (χ3n) is 6.42. The molecule has 3 aliphatic heterocycles. The van der Waals surface area contributed by atoms with Gasteiger partial charge in [0.2, 0.25) is 0 Å². The number of aromatic nitrogens is 2. The summed E-state index contributed by atoms with van der Waals surface area (Å²) in [5.74, 6) is 2.50. The molecule has 6 rings (SSSR count). The number of para-hydroxylation sites is 1. The number of hydrogen-bond acceptors (Lipinski definition) is 5. The number of amides is 2. The number of hydrogen-bond donors (Lipinski definition) is 2. The Balaban J connectivity index is 1.23. The standard InChI is InChI=1S/C24H27N5O2/c1-16-26-21(13-22(27-16)23-8-5-11-31-23)20-15-29-10-9-17(20)12-19(29)14-25-24(30)28-18-6-3-2-4-7-18/h2-8,11,13,17,19-20H,9-10,12,14-15H2,1H3,(H2,25,28,30)/t17-,19+,20-/m0/s1. The zero-order valence-electron chi connectivity index (χ0n) is 17.6. The number of rotatable bonds is 5. The lowest BCUT2D eigenvalue weighted by Crippen LogP contribution is -2.56. The fourth-order valence-electron chi connectivity index (χ4n) is 4.92. The number of furan rings is 1. The van der Waals surface area contributed by atoms with Crippen LogP contribution in [0.2, 0.25) is 0 Å². The van der Waals surface area contributed by atoms with Gasteiger partial charge < -0.3 is 15.1 Å². The molecule has 1 aromatic carbocycles. The summed E-state index contributed by atoms with van der Waals surface area (Å²) < 4.78 is 5.55. The van der Waals surface area contributed by atoms with Crippen molar-refractivity contribution in [3.05, 3.63) is 66.3 Å². The van der Waals surface area contributed by atoms with E-state index in [0.29, 0.717) is 24.4 Å². The third kappa shape index (κ3) is 4.32. The lowest BCUT2D eigenvalue weighted by molar-refractivity contribution is 0.0307. The fraction of sp³-hybridized carbons (Fsp3) is 0.375. The molecule has 7 heteroatoms. The number of benzene rings is 1. The lowest BCUT2D eigenvalue weighted by atomic mass is 9.74. The van der Waals surface area contributed by atoms with Gasteiger partial charge in [0.05, 0.1) is 6.26 Å². The Bertz CT molecular complexity index is 1040. The second kappa shape index (κ2) is 8.51. The molecule has 2 N–H and O–H groups in total. The molecular weight excluding hydrogens is 390 g/mol. The van der Waals surface area contributed by atoms with Gasteiger partial charge in [-0.25, -0.2) is 14.8 Å². The maximum absolute atomic E-state index is 12.3. The average Bonchev–Trinajstić information content (AvgIpc) is 3.33. The maximum Gasteiger partial charge on any atom is 0.319 e. The summed E-state index contributed by atoms with van der Waals surface area (Å²) in [6.45, 7) is 4.63. The van der Waals surface area contributed by atoms with Crippen LogP contribution >= 0.6 is 0 Å². The third-order valence-corrected chi connectivity index (χ3v) is 6.42. The van der Waals surface area contributed by atoms with E-state index in [9.17, 15) is 4.79 Å². The first-order valence-corrected chi connectivity index (χ1v) is 10.9. The molecule has 3 aliphatic rings. The van der Waals surface area contributed by atoms with Crippen molar-refractivity contribution in [2.75, 3.05) is 25.0 Å². The molecule has 1 unspecified atom stereocenters. The number of nitrogens with zero attached hydrogens (tertiary/aromatic N) is 3. The molecule has 2 aromatic heterocycles. The van der Waals surface area contributed by atoms with Gasteiger partial charge in [-0.3, -0.25) is 4.90 Å². The van der Waals surface area contributed by atoms with E-state index in [4.69, 9.17) is 9.40 Å². The molecule has 0 saturated carbocycles. The van der Waals surface area contributed by atoms with Gasteiger partial charge in [-0.2, -0.15) is 0 Å².